The number of nitrogens with one attached hydrogen (secondary N) is 2. The molecule has 1 aromatic carbocycles. The monoisotopic (exact) mass is 479 g/mol. The van der Waals surface area contributed by atoms with Gasteiger partial charge in [0.1, 0.15) is 0 Å². The molecule has 2 fully saturated rings. The second-order valence-corrected chi connectivity index (χ2v) is 9.87. The predicted octanol–water partition coefficient (Wildman–Crippen LogP) is 3.44. The third-order valence-electron chi connectivity index (χ3n) is 7.11. The molecule has 1 aliphatic carbocycles. The Morgan fingerprint density at radius 1 is 1.21 bits per heavy atom. The van der Waals surface area contributed by atoms with E-state index in [1.165, 1.54) is 12.3 Å². The van der Waals surface area contributed by atoms with Gasteiger partial charge in [-0.15, -0.1) is 5.10 Å². The molecule has 0 radical (unpaired) electrons. The third kappa shape index (κ3) is 5.60. The predicted molar refractivity (Wildman–Crippen MR) is 123 cm³/mol. The van der Waals surface area contributed by atoms with E-state index in [9.17, 15) is 23.1 Å². The summed E-state index contributed by atoms with van der Waals surface area (Å²) in [6.07, 6.45) is 0.888. The number of benzene rings is 1. The second kappa shape index (κ2) is 10.0. The highest BCUT2D eigenvalue weighted by molar-refractivity contribution is 5.93. The van der Waals surface area contributed by atoms with Crippen LogP contribution in [0.2, 0.25) is 0 Å². The van der Waals surface area contributed by atoms with Gasteiger partial charge in [-0.3, -0.25) is 9.69 Å². The quantitative estimate of drug-likeness (QED) is 0.564. The smallest absolute Gasteiger partial charge is 0.393 e. The Morgan fingerprint density at radius 3 is 2.56 bits per heavy atom. The molecule has 7 nitrogen and oxygen atoms in total. The SMILES string of the molecule is CC(C)C(O)[C@H]1CC[C@H](N2CC(NC(=O)CNc3nncc4ccc(C(F)(F)F)cc34)C2)CC1. The van der Waals surface area contributed by atoms with E-state index in [0.29, 0.717) is 17.3 Å². The van der Waals surface area contributed by atoms with Crippen LogP contribution in [-0.4, -0.2) is 63.9 Å². The van der Waals surface area contributed by atoms with Gasteiger partial charge >= 0.3 is 6.18 Å². The standard InChI is InChI=1S/C24H32F3N5O2/c1-14(2)22(34)15-4-7-19(8-5-15)32-12-18(13-32)30-21(33)11-28-23-20-9-17(24(25,26)27)6-3-16(20)10-29-31-23/h3,6,9-10,14-15,18-19,22,34H,4-5,7-8,11-13H2,1-2H3,(H,28,31)(H,30,33)/t15-,19-,22?. The van der Waals surface area contributed by atoms with E-state index in [0.717, 1.165) is 50.9 Å². The Bertz CT molecular complexity index is 1000. The van der Waals surface area contributed by atoms with Gasteiger partial charge in [0.05, 0.1) is 30.5 Å². The van der Waals surface area contributed by atoms with Gasteiger partial charge in [-0.2, -0.15) is 18.3 Å². The maximum atomic E-state index is 13.1. The number of aliphatic hydroxyl groups excluding tert-OH is 1. The van der Waals surface area contributed by atoms with E-state index >= 15 is 0 Å². The van der Waals surface area contributed by atoms with Crippen molar-refractivity contribution in [3.05, 3.63) is 30.0 Å². The van der Waals surface area contributed by atoms with Crippen molar-refractivity contribution in [2.24, 2.45) is 11.8 Å². The molecule has 2 aromatic rings. The number of alkyl halides is 3. The number of hydrogen-bond donors (Lipinski definition) is 3. The van der Waals surface area contributed by atoms with Crippen LogP contribution in [-0.2, 0) is 11.0 Å². The maximum Gasteiger partial charge on any atom is 0.416 e. The number of anilines is 1. The van der Waals surface area contributed by atoms with Gasteiger partial charge in [0, 0.05) is 29.9 Å². The molecule has 4 rings (SSSR count). The largest absolute Gasteiger partial charge is 0.416 e. The highest BCUT2D eigenvalue weighted by Gasteiger charge is 2.37. The first-order valence-electron chi connectivity index (χ1n) is 11.9. The summed E-state index contributed by atoms with van der Waals surface area (Å²) in [7, 11) is 0. The molecule has 1 unspecified atom stereocenters. The lowest BCUT2D eigenvalue weighted by Crippen LogP contribution is -2.63. The molecular weight excluding hydrogens is 447 g/mol. The maximum absolute atomic E-state index is 13.1. The van der Waals surface area contributed by atoms with Crippen LogP contribution in [0.1, 0.15) is 45.1 Å². The average Bonchev–Trinajstić information content (AvgIpc) is 2.78. The molecule has 0 spiro atoms. The molecule has 2 heterocycles. The normalized spacial score (nSPS) is 23.0. The summed E-state index contributed by atoms with van der Waals surface area (Å²) in [5.74, 6) is 0.572. The van der Waals surface area contributed by atoms with Gasteiger partial charge in [0.25, 0.3) is 0 Å². The zero-order valence-electron chi connectivity index (χ0n) is 19.5. The van der Waals surface area contributed by atoms with Crippen LogP contribution in [0.4, 0.5) is 19.0 Å². The van der Waals surface area contributed by atoms with Gasteiger partial charge in [-0.1, -0.05) is 19.9 Å². The molecule has 2 aliphatic rings. The topological polar surface area (TPSA) is 90.4 Å². The van der Waals surface area contributed by atoms with Crippen LogP contribution >= 0.6 is 0 Å². The number of nitrogens with zero attached hydrogens (tertiary/aromatic N) is 3. The van der Waals surface area contributed by atoms with Gasteiger partial charge < -0.3 is 15.7 Å². The Labute approximate surface area is 197 Å². The summed E-state index contributed by atoms with van der Waals surface area (Å²) < 4.78 is 39.2. The lowest BCUT2D eigenvalue weighted by molar-refractivity contribution is -0.137. The van der Waals surface area contributed by atoms with Crippen LogP contribution in [0.25, 0.3) is 10.8 Å². The number of halogens is 3. The fourth-order valence-electron chi connectivity index (χ4n) is 5.08. The lowest BCUT2D eigenvalue weighted by atomic mass is 9.78. The molecule has 1 saturated carbocycles. The van der Waals surface area contributed by atoms with E-state index < -0.39 is 11.7 Å². The second-order valence-electron chi connectivity index (χ2n) is 9.87. The highest BCUT2D eigenvalue weighted by Crippen LogP contribution is 2.34. The van der Waals surface area contributed by atoms with Crippen molar-refractivity contribution in [2.45, 2.75) is 63.9 Å². The van der Waals surface area contributed by atoms with E-state index in [1.807, 2.05) is 0 Å². The minimum atomic E-state index is -4.46. The molecule has 34 heavy (non-hydrogen) atoms. The first-order valence-corrected chi connectivity index (χ1v) is 11.9. The Balaban J connectivity index is 1.24. The minimum Gasteiger partial charge on any atom is -0.393 e. The van der Waals surface area contributed by atoms with Gasteiger partial charge in [0.15, 0.2) is 5.82 Å². The molecular formula is C24H32F3N5O2. The summed E-state index contributed by atoms with van der Waals surface area (Å²) >= 11 is 0. The van der Waals surface area contributed by atoms with E-state index in [4.69, 9.17) is 0 Å². The number of carbonyl (C=O) groups is 1. The van der Waals surface area contributed by atoms with Crippen molar-refractivity contribution in [1.29, 1.82) is 0 Å². The van der Waals surface area contributed by atoms with Crippen molar-refractivity contribution in [1.82, 2.24) is 20.4 Å². The number of amides is 1. The molecule has 1 atom stereocenters. The number of likely N-dealkylation sites (tertiary alicyclic amines) is 1. The van der Waals surface area contributed by atoms with Crippen molar-refractivity contribution in [2.75, 3.05) is 25.0 Å². The summed E-state index contributed by atoms with van der Waals surface area (Å²) in [5, 5.41) is 24.6. The van der Waals surface area contributed by atoms with Crippen LogP contribution in [0.5, 0.6) is 0 Å². The van der Waals surface area contributed by atoms with Crippen LogP contribution < -0.4 is 10.6 Å². The Hall–Kier alpha value is -2.46. The van der Waals surface area contributed by atoms with E-state index in [1.54, 1.807) is 0 Å². The molecule has 1 aliphatic heterocycles. The molecule has 1 amide bonds. The Morgan fingerprint density at radius 2 is 1.91 bits per heavy atom. The summed E-state index contributed by atoms with van der Waals surface area (Å²) in [6.45, 7) is 5.59. The van der Waals surface area contributed by atoms with Gasteiger partial charge in [-0.05, 0) is 49.7 Å². The molecule has 0 bridgehead atoms. The van der Waals surface area contributed by atoms with Crippen molar-refractivity contribution in [3.8, 4) is 0 Å². The zero-order chi connectivity index (χ0) is 24.5. The first kappa shape index (κ1) is 24.7. The minimum absolute atomic E-state index is 0.0590. The Kier molecular flexibility index (Phi) is 7.28. The number of rotatable bonds is 7. The fourth-order valence-corrected chi connectivity index (χ4v) is 5.08. The number of carbonyl (C=O) groups excluding carboxylic acids is 1. The van der Waals surface area contributed by atoms with Crippen molar-refractivity contribution in [3.63, 3.8) is 0 Å². The zero-order valence-corrected chi connectivity index (χ0v) is 19.5. The average molecular weight is 480 g/mol. The number of hydrogen-bond acceptors (Lipinski definition) is 6. The molecule has 1 aromatic heterocycles. The van der Waals surface area contributed by atoms with Crippen molar-refractivity contribution >= 4 is 22.5 Å². The van der Waals surface area contributed by atoms with Crippen molar-refractivity contribution < 1.29 is 23.1 Å². The van der Waals surface area contributed by atoms with Gasteiger partial charge in [0.2, 0.25) is 5.91 Å². The summed E-state index contributed by atoms with van der Waals surface area (Å²) in [5.41, 5.74) is -0.775. The fraction of sp³-hybridized carbons (Fsp3) is 0.625. The lowest BCUT2D eigenvalue weighted by Gasteiger charge is -2.47. The number of aliphatic hydroxyl groups is 1. The first-order chi connectivity index (χ1) is 16.1. The number of fused-ring (bicyclic) bond motifs is 1. The van der Waals surface area contributed by atoms with Crippen LogP contribution in [0.3, 0.4) is 0 Å². The van der Waals surface area contributed by atoms with Crippen LogP contribution in [0, 0.1) is 11.8 Å². The van der Waals surface area contributed by atoms with Crippen LogP contribution in [0.15, 0.2) is 24.4 Å². The van der Waals surface area contributed by atoms with E-state index in [2.05, 4.69) is 39.6 Å². The molecule has 1 saturated heterocycles. The van der Waals surface area contributed by atoms with Gasteiger partial charge in [-0.25, -0.2) is 0 Å². The third-order valence-corrected chi connectivity index (χ3v) is 7.11. The van der Waals surface area contributed by atoms with E-state index in [-0.39, 0.29) is 41.7 Å². The summed E-state index contributed by atoms with van der Waals surface area (Å²) in [4.78, 5) is 14.8. The molecule has 3 N–H and O–H groups in total. The number of aromatic nitrogens is 2. The summed E-state index contributed by atoms with van der Waals surface area (Å²) in [6, 6.07) is 3.92. The molecule has 10 heteroatoms. The highest BCUT2D eigenvalue weighted by atomic mass is 19.4. The molecule has 186 valence electrons.